The number of carboxylic acid groups (broad SMARTS) is 1. The number of anilines is 1. The van der Waals surface area contributed by atoms with Crippen molar-refractivity contribution in [2.75, 3.05) is 18.0 Å². The fraction of sp³-hybridized carbons (Fsp3) is 0.286. The minimum Gasteiger partial charge on any atom is -0.477 e. The third kappa shape index (κ3) is 4.11. The molecule has 1 aromatic heterocycles. The smallest absolute Gasteiger partial charge is 0.353 e. The zero-order valence-corrected chi connectivity index (χ0v) is 17.3. The molecule has 0 bridgehead atoms. The highest BCUT2D eigenvalue weighted by atomic mass is 32.2. The molecule has 2 aliphatic heterocycles. The van der Waals surface area contributed by atoms with Gasteiger partial charge in [0.2, 0.25) is 11.5 Å². The molecular weight excluding hydrogens is 461 g/mol. The summed E-state index contributed by atoms with van der Waals surface area (Å²) in [6, 6.07) is -1.06. The largest absolute Gasteiger partial charge is 0.477 e. The summed E-state index contributed by atoms with van der Waals surface area (Å²) in [6.45, 7) is -0.330. The SMILES string of the molecule is NC/C(F)=C/SC1=C(C(=O)O)N2C(=O)C(NC(=O)/C(=N\O)c3nsc(N)n3)[C@H]2SC1. The Bertz CT molecular complexity index is 994. The van der Waals surface area contributed by atoms with Crippen LogP contribution >= 0.6 is 35.1 Å². The molecule has 2 atom stereocenters. The zero-order chi connectivity index (χ0) is 22.0. The number of oxime groups is 1. The van der Waals surface area contributed by atoms with Gasteiger partial charge < -0.3 is 27.1 Å². The molecule has 12 nitrogen and oxygen atoms in total. The molecule has 1 aromatic rings. The Morgan fingerprint density at radius 3 is 2.80 bits per heavy atom. The maximum atomic E-state index is 13.3. The van der Waals surface area contributed by atoms with Crippen LogP contribution in [0.15, 0.2) is 27.0 Å². The van der Waals surface area contributed by atoms with E-state index in [9.17, 15) is 23.9 Å². The minimum absolute atomic E-state index is 0.0501. The van der Waals surface area contributed by atoms with Crippen molar-refractivity contribution in [1.29, 1.82) is 0 Å². The van der Waals surface area contributed by atoms with E-state index in [1.807, 2.05) is 0 Å². The molecule has 0 radical (unpaired) electrons. The Kier molecular flexibility index (Phi) is 6.59. The number of fused-ring (bicyclic) bond motifs is 1. The first-order chi connectivity index (χ1) is 14.3. The van der Waals surface area contributed by atoms with Crippen LogP contribution in [0.2, 0.25) is 0 Å². The number of rotatable bonds is 7. The number of amides is 2. The fourth-order valence-electron chi connectivity index (χ4n) is 2.60. The molecule has 0 aliphatic carbocycles. The van der Waals surface area contributed by atoms with Crippen LogP contribution in [-0.2, 0) is 14.4 Å². The van der Waals surface area contributed by atoms with E-state index in [1.165, 1.54) is 11.8 Å². The summed E-state index contributed by atoms with van der Waals surface area (Å²) in [5.41, 5.74) is 9.78. The Hall–Kier alpha value is -2.69. The van der Waals surface area contributed by atoms with Gasteiger partial charge in [0.15, 0.2) is 5.13 Å². The zero-order valence-electron chi connectivity index (χ0n) is 14.8. The molecule has 7 N–H and O–H groups in total. The van der Waals surface area contributed by atoms with Gasteiger partial charge in [0.1, 0.15) is 22.9 Å². The van der Waals surface area contributed by atoms with Crippen molar-refractivity contribution in [3.8, 4) is 0 Å². The molecule has 0 aromatic carbocycles. The Balaban J connectivity index is 1.77. The van der Waals surface area contributed by atoms with Crippen LogP contribution in [0.4, 0.5) is 9.52 Å². The first-order valence-corrected chi connectivity index (χ1v) is 10.7. The number of halogens is 1. The highest BCUT2D eigenvalue weighted by Gasteiger charge is 2.54. The van der Waals surface area contributed by atoms with Gasteiger partial charge >= 0.3 is 5.97 Å². The van der Waals surface area contributed by atoms with Gasteiger partial charge in [0, 0.05) is 34.1 Å². The summed E-state index contributed by atoms with van der Waals surface area (Å²) < 4.78 is 17.1. The molecule has 2 aliphatic rings. The van der Waals surface area contributed by atoms with Crippen LogP contribution in [0.5, 0.6) is 0 Å². The lowest BCUT2D eigenvalue weighted by atomic mass is 10.0. The molecule has 3 heterocycles. The van der Waals surface area contributed by atoms with Crippen LogP contribution in [0.1, 0.15) is 5.82 Å². The summed E-state index contributed by atoms with van der Waals surface area (Å²) >= 11 is 2.81. The number of hydrogen-bond acceptors (Lipinski definition) is 12. The van der Waals surface area contributed by atoms with Crippen LogP contribution in [0.3, 0.4) is 0 Å². The number of aromatic nitrogens is 2. The maximum Gasteiger partial charge on any atom is 0.353 e. The number of hydrogen-bond donors (Lipinski definition) is 5. The van der Waals surface area contributed by atoms with Crippen LogP contribution in [0.25, 0.3) is 0 Å². The van der Waals surface area contributed by atoms with Gasteiger partial charge in [0.05, 0.1) is 0 Å². The number of β-lactam (4-membered cyclic amide) rings is 1. The number of nitrogens with zero attached hydrogens (tertiary/aromatic N) is 4. The average molecular weight is 476 g/mol. The first-order valence-electron chi connectivity index (χ1n) is 8.03. The monoisotopic (exact) mass is 475 g/mol. The van der Waals surface area contributed by atoms with Gasteiger partial charge in [0.25, 0.3) is 11.8 Å². The van der Waals surface area contributed by atoms with Crippen molar-refractivity contribution >= 4 is 63.7 Å². The Morgan fingerprint density at radius 1 is 1.50 bits per heavy atom. The normalized spacial score (nSPS) is 21.9. The molecule has 160 valence electrons. The molecule has 0 saturated carbocycles. The summed E-state index contributed by atoms with van der Waals surface area (Å²) in [5.74, 6) is -3.63. The molecule has 1 fully saturated rings. The molecule has 30 heavy (non-hydrogen) atoms. The van der Waals surface area contributed by atoms with E-state index < -0.39 is 40.7 Å². The van der Waals surface area contributed by atoms with E-state index in [2.05, 4.69) is 19.8 Å². The molecule has 16 heteroatoms. The van der Waals surface area contributed by atoms with E-state index in [0.29, 0.717) is 0 Å². The van der Waals surface area contributed by atoms with Crippen LogP contribution in [-0.4, -0.2) is 71.8 Å². The van der Waals surface area contributed by atoms with E-state index in [-0.39, 0.29) is 33.9 Å². The molecular formula is C14H14FN7O5S3. The van der Waals surface area contributed by atoms with E-state index >= 15 is 0 Å². The maximum absolute atomic E-state index is 13.3. The topological polar surface area (TPSA) is 197 Å². The third-order valence-electron chi connectivity index (χ3n) is 3.92. The lowest BCUT2D eigenvalue weighted by Gasteiger charge is -2.49. The second-order valence-corrected chi connectivity index (χ2v) is 8.58. The summed E-state index contributed by atoms with van der Waals surface area (Å²) in [7, 11) is 0. The predicted octanol–water partition coefficient (Wildman–Crippen LogP) is -0.502. The number of carbonyl (C=O) groups is 3. The predicted molar refractivity (Wildman–Crippen MR) is 108 cm³/mol. The van der Waals surface area contributed by atoms with E-state index in [1.54, 1.807) is 0 Å². The van der Waals surface area contributed by atoms with Crippen LogP contribution in [0, 0.1) is 0 Å². The minimum atomic E-state index is -1.36. The molecule has 1 saturated heterocycles. The number of carboxylic acids is 1. The Morgan fingerprint density at radius 2 is 2.23 bits per heavy atom. The van der Waals surface area contributed by atoms with Crippen LogP contribution < -0.4 is 16.8 Å². The molecule has 0 spiro atoms. The summed E-state index contributed by atoms with van der Waals surface area (Å²) in [5, 5.41) is 24.3. The van der Waals surface area contributed by atoms with Gasteiger partial charge in [-0.15, -0.1) is 11.8 Å². The third-order valence-corrected chi connectivity index (χ3v) is 6.92. The van der Waals surface area contributed by atoms with Crippen molar-refractivity contribution in [3.05, 3.63) is 27.7 Å². The molecule has 3 rings (SSSR count). The number of nitrogens with two attached hydrogens (primary N) is 2. The van der Waals surface area contributed by atoms with Gasteiger partial charge in [-0.25, -0.2) is 9.18 Å². The highest BCUT2D eigenvalue weighted by Crippen LogP contribution is 2.43. The number of nitrogen functional groups attached to an aromatic ring is 1. The molecule has 2 amide bonds. The van der Waals surface area contributed by atoms with E-state index in [4.69, 9.17) is 16.7 Å². The Labute approximate surface area is 180 Å². The number of carbonyl (C=O) groups excluding carboxylic acids is 2. The average Bonchev–Trinajstić information content (AvgIpc) is 3.15. The summed E-state index contributed by atoms with van der Waals surface area (Å²) in [4.78, 5) is 41.7. The second-order valence-electron chi connectivity index (χ2n) is 5.73. The van der Waals surface area contributed by atoms with Crippen molar-refractivity contribution in [2.45, 2.75) is 11.4 Å². The quantitative estimate of drug-likeness (QED) is 0.147. The second kappa shape index (κ2) is 8.99. The number of nitrogens with one attached hydrogen (secondary N) is 1. The molecule has 1 unspecified atom stereocenters. The number of thioether (sulfide) groups is 2. The van der Waals surface area contributed by atoms with Crippen molar-refractivity contribution in [2.24, 2.45) is 10.9 Å². The van der Waals surface area contributed by atoms with Crippen molar-refractivity contribution < 1.29 is 29.1 Å². The van der Waals surface area contributed by atoms with Gasteiger partial charge in [-0.3, -0.25) is 14.5 Å². The fourth-order valence-corrected chi connectivity index (χ4v) is 5.37. The first kappa shape index (κ1) is 22.0. The van der Waals surface area contributed by atoms with E-state index in [0.717, 1.165) is 33.6 Å². The van der Waals surface area contributed by atoms with Crippen molar-refractivity contribution in [1.82, 2.24) is 19.6 Å². The van der Waals surface area contributed by atoms with Crippen molar-refractivity contribution in [3.63, 3.8) is 0 Å². The lowest BCUT2D eigenvalue weighted by molar-refractivity contribution is -0.150. The number of aliphatic carboxylic acids is 1. The summed E-state index contributed by atoms with van der Waals surface area (Å²) in [6.07, 6.45) is 0. The highest BCUT2D eigenvalue weighted by molar-refractivity contribution is 8.08. The van der Waals surface area contributed by atoms with Gasteiger partial charge in [-0.2, -0.15) is 9.36 Å². The van der Waals surface area contributed by atoms with Gasteiger partial charge in [-0.05, 0) is 0 Å². The lowest BCUT2D eigenvalue weighted by Crippen LogP contribution is -2.71. The standard InChI is InChI=1S/C14H14FN7O5S3/c15-4(1-16)2-28-5-3-29-12-7(11(24)22(12)8(5)13(25)26)18-10(23)6(20-27)9-19-14(17)30-21-9/h2,7,12,27H,1,3,16H2,(H,18,23)(H,25,26)(H2,17,19,21)/b4-2-,20-6-/t7?,12-/m1/s1. The van der Waals surface area contributed by atoms with Gasteiger partial charge in [-0.1, -0.05) is 16.9 Å².